The van der Waals surface area contributed by atoms with Crippen LogP contribution in [-0.4, -0.2) is 77.1 Å². The van der Waals surface area contributed by atoms with E-state index in [2.05, 4.69) is 16.9 Å². The number of rotatable bonds is 4. The van der Waals surface area contributed by atoms with Crippen LogP contribution in [-0.2, 0) is 21.2 Å². The summed E-state index contributed by atoms with van der Waals surface area (Å²) >= 11 is 0. The van der Waals surface area contributed by atoms with Gasteiger partial charge in [-0.3, -0.25) is 14.4 Å². The van der Waals surface area contributed by atoms with E-state index in [1.807, 2.05) is 20.8 Å². The highest BCUT2D eigenvalue weighted by Crippen LogP contribution is 2.27. The molecule has 2 aliphatic heterocycles. The molecule has 25 heavy (non-hydrogen) atoms. The van der Waals surface area contributed by atoms with Gasteiger partial charge in [0.15, 0.2) is 9.84 Å². The molecular weight excluding hydrogens is 340 g/mol. The Balaban J connectivity index is 1.79. The number of aromatic nitrogens is 2. The zero-order chi connectivity index (χ0) is 18.4. The number of carbonyl (C=O) groups excluding carboxylic acids is 1. The lowest BCUT2D eigenvalue weighted by Crippen LogP contribution is -2.61. The summed E-state index contributed by atoms with van der Waals surface area (Å²) in [6.45, 7) is 10.4. The molecule has 3 rings (SSSR count). The van der Waals surface area contributed by atoms with Gasteiger partial charge < -0.3 is 4.90 Å². The van der Waals surface area contributed by atoms with Gasteiger partial charge in [0.05, 0.1) is 23.2 Å². The van der Waals surface area contributed by atoms with Crippen molar-refractivity contribution in [2.24, 2.45) is 0 Å². The van der Waals surface area contributed by atoms with Crippen molar-refractivity contribution in [1.82, 2.24) is 19.6 Å². The van der Waals surface area contributed by atoms with Gasteiger partial charge in [0, 0.05) is 24.8 Å². The van der Waals surface area contributed by atoms with E-state index in [0.29, 0.717) is 6.54 Å². The van der Waals surface area contributed by atoms with Gasteiger partial charge in [-0.2, -0.15) is 5.10 Å². The van der Waals surface area contributed by atoms with Crippen LogP contribution in [0.3, 0.4) is 0 Å². The number of amides is 1. The molecular formula is C17H28N4O3S. The lowest BCUT2D eigenvalue weighted by atomic mass is 10.0. The average molecular weight is 369 g/mol. The minimum absolute atomic E-state index is 0.0335. The largest absolute Gasteiger partial charge is 0.334 e. The highest BCUT2D eigenvalue weighted by Gasteiger charge is 2.47. The van der Waals surface area contributed by atoms with Crippen LogP contribution in [0.4, 0.5) is 0 Å². The van der Waals surface area contributed by atoms with Crippen LogP contribution in [0.1, 0.15) is 30.3 Å². The van der Waals surface area contributed by atoms with E-state index in [1.165, 1.54) is 0 Å². The lowest BCUT2D eigenvalue weighted by Gasteiger charge is -2.43. The van der Waals surface area contributed by atoms with Crippen LogP contribution < -0.4 is 0 Å². The van der Waals surface area contributed by atoms with Crippen LogP contribution in [0.5, 0.6) is 0 Å². The Morgan fingerprint density at radius 1 is 1.16 bits per heavy atom. The molecule has 0 aliphatic carbocycles. The number of sulfone groups is 1. The fourth-order valence-electron chi connectivity index (χ4n) is 4.06. The summed E-state index contributed by atoms with van der Waals surface area (Å²) in [6.07, 6.45) is 0.988. The Morgan fingerprint density at radius 2 is 1.84 bits per heavy atom. The molecule has 0 spiro atoms. The first-order valence-electron chi connectivity index (χ1n) is 8.98. The minimum Gasteiger partial charge on any atom is -0.334 e. The molecule has 7 nitrogen and oxygen atoms in total. The van der Waals surface area contributed by atoms with E-state index in [9.17, 15) is 13.2 Å². The van der Waals surface area contributed by atoms with Gasteiger partial charge in [-0.15, -0.1) is 0 Å². The van der Waals surface area contributed by atoms with Crippen molar-refractivity contribution in [2.45, 2.75) is 52.7 Å². The maximum absolute atomic E-state index is 12.9. The van der Waals surface area contributed by atoms with Crippen LogP contribution in [0, 0.1) is 20.8 Å². The van der Waals surface area contributed by atoms with E-state index in [4.69, 9.17) is 0 Å². The molecule has 1 aromatic heterocycles. The normalized spacial score (nSPS) is 26.0. The molecule has 1 amide bonds. The molecule has 0 N–H and O–H groups in total. The summed E-state index contributed by atoms with van der Waals surface area (Å²) in [4.78, 5) is 16.9. The summed E-state index contributed by atoms with van der Waals surface area (Å²) in [7, 11) is -3.09. The fourth-order valence-corrected chi connectivity index (χ4v) is 6.07. The summed E-state index contributed by atoms with van der Waals surface area (Å²) in [6, 6.07) is -0.291. The van der Waals surface area contributed by atoms with Crippen molar-refractivity contribution >= 4 is 15.7 Å². The van der Waals surface area contributed by atoms with Crippen molar-refractivity contribution in [2.75, 3.05) is 31.1 Å². The number of aryl methyl sites for hydroxylation is 1. The van der Waals surface area contributed by atoms with Crippen LogP contribution >= 0.6 is 0 Å². The molecule has 2 fully saturated rings. The summed E-state index contributed by atoms with van der Waals surface area (Å²) < 4.78 is 26.1. The van der Waals surface area contributed by atoms with Crippen molar-refractivity contribution < 1.29 is 13.2 Å². The van der Waals surface area contributed by atoms with Crippen LogP contribution in [0.15, 0.2) is 0 Å². The zero-order valence-electron chi connectivity index (χ0n) is 15.5. The Morgan fingerprint density at radius 3 is 2.44 bits per heavy atom. The molecule has 0 unspecified atom stereocenters. The standard InChI is InChI=1S/C17H28N4O3S/c1-5-6-19-7-8-20(16-11-25(23,24)10-15(16)19)17(22)9-21-14(4)12(2)13(3)18-21/h15-16H,5-11H2,1-4H3/t15-,16+/m1/s1. The molecule has 2 atom stereocenters. The average Bonchev–Trinajstić information content (AvgIpc) is 2.99. The van der Waals surface area contributed by atoms with Crippen molar-refractivity contribution in [1.29, 1.82) is 0 Å². The van der Waals surface area contributed by atoms with E-state index >= 15 is 0 Å². The highest BCUT2D eigenvalue weighted by atomic mass is 32.2. The third-order valence-corrected chi connectivity index (χ3v) is 7.35. The quantitative estimate of drug-likeness (QED) is 0.775. The maximum Gasteiger partial charge on any atom is 0.244 e. The molecule has 3 heterocycles. The van der Waals surface area contributed by atoms with Gasteiger partial charge in [-0.25, -0.2) is 8.42 Å². The zero-order valence-corrected chi connectivity index (χ0v) is 16.3. The van der Waals surface area contributed by atoms with Gasteiger partial charge >= 0.3 is 0 Å². The van der Waals surface area contributed by atoms with Crippen molar-refractivity contribution in [3.63, 3.8) is 0 Å². The number of hydrogen-bond donors (Lipinski definition) is 0. The first-order chi connectivity index (χ1) is 11.7. The highest BCUT2D eigenvalue weighted by molar-refractivity contribution is 7.91. The summed E-state index contributed by atoms with van der Waals surface area (Å²) in [5.41, 5.74) is 3.02. The molecule has 1 aromatic rings. The summed E-state index contributed by atoms with van der Waals surface area (Å²) in [5.74, 6) is 0.217. The molecule has 0 radical (unpaired) electrons. The molecule has 0 bridgehead atoms. The second-order valence-electron chi connectivity index (χ2n) is 7.29. The number of hydrogen-bond acceptors (Lipinski definition) is 5. The minimum atomic E-state index is -3.09. The maximum atomic E-state index is 12.9. The van der Waals surface area contributed by atoms with E-state index in [1.54, 1.807) is 9.58 Å². The molecule has 8 heteroatoms. The third kappa shape index (κ3) is 3.46. The monoisotopic (exact) mass is 368 g/mol. The molecule has 2 aliphatic rings. The fraction of sp³-hybridized carbons (Fsp3) is 0.765. The SMILES string of the molecule is CCCN1CCN(C(=O)Cn2nc(C)c(C)c2C)[C@H]2CS(=O)(=O)C[C@H]21. The van der Waals surface area contributed by atoms with Gasteiger partial charge in [-0.1, -0.05) is 6.92 Å². The van der Waals surface area contributed by atoms with E-state index in [0.717, 1.165) is 36.5 Å². The Bertz CT molecular complexity index is 771. The Hall–Kier alpha value is -1.41. The topological polar surface area (TPSA) is 75.5 Å². The predicted molar refractivity (Wildman–Crippen MR) is 96.2 cm³/mol. The molecule has 140 valence electrons. The van der Waals surface area contributed by atoms with E-state index < -0.39 is 9.84 Å². The van der Waals surface area contributed by atoms with Crippen LogP contribution in [0.2, 0.25) is 0 Å². The smallest absolute Gasteiger partial charge is 0.244 e. The number of piperazine rings is 1. The van der Waals surface area contributed by atoms with Crippen molar-refractivity contribution in [3.05, 3.63) is 17.0 Å². The first kappa shape index (κ1) is 18.4. The van der Waals surface area contributed by atoms with Crippen LogP contribution in [0.25, 0.3) is 0 Å². The van der Waals surface area contributed by atoms with Gasteiger partial charge in [0.2, 0.25) is 5.91 Å². The van der Waals surface area contributed by atoms with E-state index in [-0.39, 0.29) is 36.0 Å². The van der Waals surface area contributed by atoms with Gasteiger partial charge in [-0.05, 0) is 39.3 Å². The van der Waals surface area contributed by atoms with Gasteiger partial charge in [0.1, 0.15) is 6.54 Å². The Kier molecular flexibility index (Phi) is 4.94. The summed E-state index contributed by atoms with van der Waals surface area (Å²) in [5, 5.41) is 4.44. The van der Waals surface area contributed by atoms with Gasteiger partial charge in [0.25, 0.3) is 0 Å². The Labute approximate surface area is 149 Å². The molecule has 0 aromatic carbocycles. The molecule has 0 saturated carbocycles. The third-order valence-electron chi connectivity index (χ3n) is 5.65. The number of carbonyl (C=O) groups is 1. The number of fused-ring (bicyclic) bond motifs is 1. The molecule has 2 saturated heterocycles. The number of nitrogens with zero attached hydrogens (tertiary/aromatic N) is 4. The second kappa shape index (κ2) is 6.72. The van der Waals surface area contributed by atoms with Crippen molar-refractivity contribution in [3.8, 4) is 0 Å². The first-order valence-corrected chi connectivity index (χ1v) is 10.8. The second-order valence-corrected chi connectivity index (χ2v) is 9.44. The predicted octanol–water partition coefficient (Wildman–Crippen LogP) is 0.528. The lowest BCUT2D eigenvalue weighted by molar-refractivity contribution is -0.137.